The molecule has 6 heteroatoms. The Labute approximate surface area is 163 Å². The van der Waals surface area contributed by atoms with Crippen LogP contribution in [0.15, 0.2) is 59.8 Å². The number of hydrogen-bond donors (Lipinski definition) is 1. The van der Waals surface area contributed by atoms with Crippen LogP contribution in [0.2, 0.25) is 5.02 Å². The van der Waals surface area contributed by atoms with Crippen LogP contribution in [0, 0.1) is 13.8 Å². The van der Waals surface area contributed by atoms with E-state index < -0.39 is 0 Å². The van der Waals surface area contributed by atoms with Crippen molar-refractivity contribution < 1.29 is 9.53 Å². The molecule has 0 radical (unpaired) electrons. The van der Waals surface area contributed by atoms with Gasteiger partial charge in [0, 0.05) is 16.9 Å². The fourth-order valence-electron chi connectivity index (χ4n) is 2.67. The number of amides is 1. The van der Waals surface area contributed by atoms with E-state index in [1.807, 2.05) is 67.1 Å². The van der Waals surface area contributed by atoms with Gasteiger partial charge in [0.05, 0.1) is 24.6 Å². The van der Waals surface area contributed by atoms with Crippen molar-refractivity contribution >= 4 is 23.7 Å². The van der Waals surface area contributed by atoms with Crippen molar-refractivity contribution in [2.24, 2.45) is 5.10 Å². The molecule has 3 rings (SSSR count). The lowest BCUT2D eigenvalue weighted by atomic mass is 10.1. The highest BCUT2D eigenvalue weighted by molar-refractivity contribution is 6.31. The minimum atomic E-state index is -0.334. The molecule has 0 saturated carbocycles. The van der Waals surface area contributed by atoms with Crippen LogP contribution in [0.25, 0.3) is 5.69 Å². The number of nitrogens with zero attached hydrogens (tertiary/aromatic N) is 2. The standard InChI is InChI=1S/C21H20ClN3O2/c1-14-6-9-18(20(11-14)27-3)21(26)24-23-13-17-5-4-10-25(17)16-8-7-15(2)19(22)12-16/h4-13H,1-3H3,(H,24,26)/b23-13-. The predicted octanol–water partition coefficient (Wildman–Crippen LogP) is 4.52. The van der Waals surface area contributed by atoms with Crippen molar-refractivity contribution in [1.82, 2.24) is 9.99 Å². The molecule has 138 valence electrons. The molecule has 1 heterocycles. The topological polar surface area (TPSA) is 55.6 Å². The van der Waals surface area contributed by atoms with Gasteiger partial charge in [-0.3, -0.25) is 4.79 Å². The van der Waals surface area contributed by atoms with Crippen LogP contribution in [0.4, 0.5) is 0 Å². The first-order chi connectivity index (χ1) is 13.0. The van der Waals surface area contributed by atoms with Crippen LogP contribution in [-0.4, -0.2) is 23.8 Å². The lowest BCUT2D eigenvalue weighted by molar-refractivity contribution is 0.0952. The third-order valence-electron chi connectivity index (χ3n) is 4.18. The zero-order chi connectivity index (χ0) is 19.4. The summed E-state index contributed by atoms with van der Waals surface area (Å²) in [6, 6.07) is 15.0. The molecule has 0 atom stereocenters. The first-order valence-electron chi connectivity index (χ1n) is 8.41. The SMILES string of the molecule is COc1cc(C)ccc1C(=O)N/N=C\c1cccn1-c1ccc(C)c(Cl)c1. The van der Waals surface area contributed by atoms with E-state index in [1.165, 1.54) is 7.11 Å². The van der Waals surface area contributed by atoms with Crippen molar-refractivity contribution in [3.63, 3.8) is 0 Å². The van der Waals surface area contributed by atoms with Crippen molar-refractivity contribution in [2.75, 3.05) is 7.11 Å². The van der Waals surface area contributed by atoms with Crippen LogP contribution in [0.5, 0.6) is 5.75 Å². The van der Waals surface area contributed by atoms with Gasteiger partial charge in [-0.2, -0.15) is 5.10 Å². The molecule has 1 aromatic heterocycles. The number of halogens is 1. The summed E-state index contributed by atoms with van der Waals surface area (Å²) in [5.74, 6) is 0.181. The molecular formula is C21H20ClN3O2. The number of carbonyl (C=O) groups is 1. The molecule has 0 fully saturated rings. The van der Waals surface area contributed by atoms with Gasteiger partial charge in [-0.15, -0.1) is 0 Å². The van der Waals surface area contributed by atoms with Crippen molar-refractivity contribution in [3.05, 3.63) is 82.1 Å². The number of hydrogen-bond acceptors (Lipinski definition) is 3. The predicted molar refractivity (Wildman–Crippen MR) is 108 cm³/mol. The normalized spacial score (nSPS) is 11.0. The fourth-order valence-corrected chi connectivity index (χ4v) is 2.84. The number of aromatic nitrogens is 1. The summed E-state index contributed by atoms with van der Waals surface area (Å²) in [7, 11) is 1.54. The van der Waals surface area contributed by atoms with Crippen LogP contribution >= 0.6 is 11.6 Å². The Bertz CT molecular complexity index is 1010. The van der Waals surface area contributed by atoms with E-state index in [9.17, 15) is 4.79 Å². The molecule has 0 unspecified atom stereocenters. The Balaban J connectivity index is 1.77. The average molecular weight is 382 g/mol. The van der Waals surface area contributed by atoms with Crippen molar-refractivity contribution in [3.8, 4) is 11.4 Å². The summed E-state index contributed by atoms with van der Waals surface area (Å²) in [5.41, 5.74) is 6.74. The van der Waals surface area contributed by atoms with Gasteiger partial charge in [-0.05, 0) is 61.4 Å². The first kappa shape index (κ1) is 18.7. The Kier molecular flexibility index (Phi) is 5.62. The molecule has 1 N–H and O–H groups in total. The molecule has 2 aromatic carbocycles. The van der Waals surface area contributed by atoms with Gasteiger partial charge in [0.25, 0.3) is 5.91 Å². The second-order valence-corrected chi connectivity index (χ2v) is 6.55. The van der Waals surface area contributed by atoms with Gasteiger partial charge in [0.2, 0.25) is 0 Å². The van der Waals surface area contributed by atoms with E-state index in [4.69, 9.17) is 16.3 Å². The lowest BCUT2D eigenvalue weighted by Crippen LogP contribution is -2.18. The van der Waals surface area contributed by atoms with Crippen LogP contribution in [-0.2, 0) is 0 Å². The van der Waals surface area contributed by atoms with E-state index in [0.29, 0.717) is 16.3 Å². The summed E-state index contributed by atoms with van der Waals surface area (Å²) < 4.78 is 7.21. The summed E-state index contributed by atoms with van der Waals surface area (Å²) in [6.07, 6.45) is 3.50. The number of nitrogens with one attached hydrogen (secondary N) is 1. The number of carbonyl (C=O) groups excluding carboxylic acids is 1. The number of methoxy groups -OCH3 is 1. The Morgan fingerprint density at radius 2 is 2.00 bits per heavy atom. The highest BCUT2D eigenvalue weighted by Gasteiger charge is 2.11. The van der Waals surface area contributed by atoms with Crippen LogP contribution in [0.1, 0.15) is 27.2 Å². The molecule has 0 aliphatic heterocycles. The summed E-state index contributed by atoms with van der Waals surface area (Å²) in [5, 5.41) is 4.78. The van der Waals surface area contributed by atoms with E-state index in [2.05, 4.69) is 10.5 Å². The van der Waals surface area contributed by atoms with Gasteiger partial charge in [0.1, 0.15) is 5.75 Å². The molecule has 0 saturated heterocycles. The summed E-state index contributed by atoms with van der Waals surface area (Å²) in [6.45, 7) is 3.90. The fraction of sp³-hybridized carbons (Fsp3) is 0.143. The maximum Gasteiger partial charge on any atom is 0.275 e. The molecule has 5 nitrogen and oxygen atoms in total. The second-order valence-electron chi connectivity index (χ2n) is 6.14. The van der Waals surface area contributed by atoms with E-state index in [1.54, 1.807) is 12.3 Å². The van der Waals surface area contributed by atoms with Gasteiger partial charge in [0.15, 0.2) is 0 Å². The number of rotatable bonds is 5. The van der Waals surface area contributed by atoms with E-state index in [-0.39, 0.29) is 5.91 Å². The summed E-state index contributed by atoms with van der Waals surface area (Å²) in [4.78, 5) is 12.4. The zero-order valence-electron chi connectivity index (χ0n) is 15.4. The first-order valence-corrected chi connectivity index (χ1v) is 8.79. The third kappa shape index (κ3) is 4.20. The number of benzene rings is 2. The molecular weight excluding hydrogens is 362 g/mol. The molecule has 1 amide bonds. The zero-order valence-corrected chi connectivity index (χ0v) is 16.1. The number of aryl methyl sites for hydroxylation is 2. The van der Waals surface area contributed by atoms with Crippen molar-refractivity contribution in [1.29, 1.82) is 0 Å². The quantitative estimate of drug-likeness (QED) is 0.521. The number of ether oxygens (including phenoxy) is 1. The molecule has 0 spiro atoms. The maximum atomic E-state index is 12.4. The molecule has 0 aliphatic carbocycles. The minimum absolute atomic E-state index is 0.334. The maximum absolute atomic E-state index is 12.4. The Hall–Kier alpha value is -3.05. The Morgan fingerprint density at radius 3 is 2.74 bits per heavy atom. The molecule has 0 bridgehead atoms. The molecule has 27 heavy (non-hydrogen) atoms. The van der Waals surface area contributed by atoms with Gasteiger partial charge < -0.3 is 9.30 Å². The highest BCUT2D eigenvalue weighted by atomic mass is 35.5. The number of hydrazone groups is 1. The average Bonchev–Trinajstić information content (AvgIpc) is 3.12. The van der Waals surface area contributed by atoms with Gasteiger partial charge in [-0.1, -0.05) is 23.7 Å². The molecule has 0 aliphatic rings. The van der Waals surface area contributed by atoms with E-state index >= 15 is 0 Å². The highest BCUT2D eigenvalue weighted by Crippen LogP contribution is 2.21. The molecule has 3 aromatic rings. The second kappa shape index (κ2) is 8.10. The largest absolute Gasteiger partial charge is 0.496 e. The van der Waals surface area contributed by atoms with E-state index in [0.717, 1.165) is 22.5 Å². The van der Waals surface area contributed by atoms with Crippen LogP contribution in [0.3, 0.4) is 0 Å². The smallest absolute Gasteiger partial charge is 0.275 e. The van der Waals surface area contributed by atoms with Crippen molar-refractivity contribution in [2.45, 2.75) is 13.8 Å². The Morgan fingerprint density at radius 1 is 1.19 bits per heavy atom. The summed E-state index contributed by atoms with van der Waals surface area (Å²) >= 11 is 6.22. The van der Waals surface area contributed by atoms with Crippen LogP contribution < -0.4 is 10.2 Å². The van der Waals surface area contributed by atoms with Gasteiger partial charge in [-0.25, -0.2) is 5.43 Å². The lowest BCUT2D eigenvalue weighted by Gasteiger charge is -2.09. The van der Waals surface area contributed by atoms with Gasteiger partial charge >= 0.3 is 0 Å². The monoisotopic (exact) mass is 381 g/mol. The minimum Gasteiger partial charge on any atom is -0.496 e. The third-order valence-corrected chi connectivity index (χ3v) is 4.59.